The van der Waals surface area contributed by atoms with E-state index in [1.807, 2.05) is 31.3 Å². The first-order valence-electron chi connectivity index (χ1n) is 11.3. The SMILES string of the molecule is CCOc1ccc(/C=N/N2CCN(C3c4ccccc4-c4ccccc43)CC2)cc1OC. The van der Waals surface area contributed by atoms with Gasteiger partial charge < -0.3 is 9.47 Å². The second-order valence-corrected chi connectivity index (χ2v) is 8.15. The smallest absolute Gasteiger partial charge is 0.161 e. The van der Waals surface area contributed by atoms with E-state index in [4.69, 9.17) is 14.6 Å². The molecule has 0 unspecified atom stereocenters. The van der Waals surface area contributed by atoms with Crippen LogP contribution in [-0.2, 0) is 0 Å². The third-order valence-corrected chi connectivity index (χ3v) is 6.31. The average molecular weight is 428 g/mol. The van der Waals surface area contributed by atoms with Crippen LogP contribution in [0.5, 0.6) is 11.5 Å². The molecule has 32 heavy (non-hydrogen) atoms. The van der Waals surface area contributed by atoms with E-state index in [9.17, 15) is 0 Å². The van der Waals surface area contributed by atoms with E-state index in [1.54, 1.807) is 7.11 Å². The summed E-state index contributed by atoms with van der Waals surface area (Å²) in [6.45, 7) is 6.37. The minimum atomic E-state index is 0.337. The summed E-state index contributed by atoms with van der Waals surface area (Å²) in [6, 6.07) is 23.9. The van der Waals surface area contributed by atoms with E-state index < -0.39 is 0 Å². The molecular formula is C27H29N3O2. The van der Waals surface area contributed by atoms with Crippen molar-refractivity contribution in [3.63, 3.8) is 0 Å². The summed E-state index contributed by atoms with van der Waals surface area (Å²) in [5.41, 5.74) is 6.60. The molecule has 0 N–H and O–H groups in total. The molecule has 5 heteroatoms. The largest absolute Gasteiger partial charge is 0.493 e. The number of ether oxygens (including phenoxy) is 2. The monoisotopic (exact) mass is 427 g/mol. The standard InChI is InChI=1S/C27H29N3O2/c1-3-32-25-13-12-20(18-26(25)31-2)19-28-30-16-14-29(15-17-30)27-23-10-6-4-8-21(23)22-9-5-7-11-24(22)27/h4-13,18-19,27H,3,14-17H2,1-2H3/b28-19+. The maximum atomic E-state index is 5.60. The van der Waals surface area contributed by atoms with Crippen LogP contribution in [0.15, 0.2) is 71.8 Å². The van der Waals surface area contributed by atoms with Crippen molar-refractivity contribution in [3.8, 4) is 22.6 Å². The number of fused-ring (bicyclic) bond motifs is 3. The number of hydrazone groups is 1. The van der Waals surface area contributed by atoms with E-state index in [0.717, 1.165) is 43.2 Å². The molecule has 1 aliphatic carbocycles. The van der Waals surface area contributed by atoms with Crippen LogP contribution < -0.4 is 9.47 Å². The summed E-state index contributed by atoms with van der Waals surface area (Å²) in [4.78, 5) is 2.59. The van der Waals surface area contributed by atoms with Gasteiger partial charge in [0.1, 0.15) is 0 Å². The minimum Gasteiger partial charge on any atom is -0.493 e. The highest BCUT2D eigenvalue weighted by Crippen LogP contribution is 2.46. The highest BCUT2D eigenvalue weighted by atomic mass is 16.5. The van der Waals surface area contributed by atoms with Gasteiger partial charge in [0.05, 0.1) is 26.0 Å². The second-order valence-electron chi connectivity index (χ2n) is 8.15. The molecule has 0 radical (unpaired) electrons. The van der Waals surface area contributed by atoms with Crippen molar-refractivity contribution in [2.75, 3.05) is 39.9 Å². The van der Waals surface area contributed by atoms with Crippen LogP contribution in [0.1, 0.15) is 29.7 Å². The van der Waals surface area contributed by atoms with Gasteiger partial charge >= 0.3 is 0 Å². The van der Waals surface area contributed by atoms with Crippen molar-refractivity contribution in [3.05, 3.63) is 83.4 Å². The number of piperazine rings is 1. The third-order valence-electron chi connectivity index (χ3n) is 6.31. The topological polar surface area (TPSA) is 37.3 Å². The van der Waals surface area contributed by atoms with Gasteiger partial charge in [0.15, 0.2) is 11.5 Å². The van der Waals surface area contributed by atoms with Crippen molar-refractivity contribution in [2.24, 2.45) is 5.10 Å². The lowest BCUT2D eigenvalue weighted by atomic mass is 10.0. The van der Waals surface area contributed by atoms with Crippen LogP contribution >= 0.6 is 0 Å². The zero-order valence-electron chi connectivity index (χ0n) is 18.7. The fourth-order valence-corrected chi connectivity index (χ4v) is 4.79. The molecule has 0 aromatic heterocycles. The Balaban J connectivity index is 1.27. The molecule has 1 saturated heterocycles. The summed E-state index contributed by atoms with van der Waals surface area (Å²) in [7, 11) is 1.66. The van der Waals surface area contributed by atoms with E-state index in [1.165, 1.54) is 22.3 Å². The molecule has 3 aromatic carbocycles. The van der Waals surface area contributed by atoms with Gasteiger partial charge in [-0.3, -0.25) is 9.91 Å². The normalized spacial score (nSPS) is 16.2. The Kier molecular flexibility index (Phi) is 5.82. The number of hydrogen-bond donors (Lipinski definition) is 0. The summed E-state index contributed by atoms with van der Waals surface area (Å²) in [6.07, 6.45) is 1.91. The lowest BCUT2D eigenvalue weighted by molar-refractivity contribution is 0.114. The Labute approximate surface area is 189 Å². The van der Waals surface area contributed by atoms with Crippen molar-refractivity contribution in [1.29, 1.82) is 0 Å². The van der Waals surface area contributed by atoms with Gasteiger partial charge in [0, 0.05) is 26.2 Å². The van der Waals surface area contributed by atoms with Gasteiger partial charge in [-0.2, -0.15) is 5.10 Å². The molecule has 164 valence electrons. The Morgan fingerprint density at radius 3 is 2.16 bits per heavy atom. The minimum absolute atomic E-state index is 0.337. The number of nitrogens with zero attached hydrogens (tertiary/aromatic N) is 3. The van der Waals surface area contributed by atoms with E-state index in [0.29, 0.717) is 12.6 Å². The summed E-state index contributed by atoms with van der Waals surface area (Å²) < 4.78 is 11.1. The van der Waals surface area contributed by atoms with E-state index in [-0.39, 0.29) is 0 Å². The molecule has 5 nitrogen and oxygen atoms in total. The fourth-order valence-electron chi connectivity index (χ4n) is 4.79. The Hall–Kier alpha value is -3.31. The summed E-state index contributed by atoms with van der Waals surface area (Å²) in [5.74, 6) is 1.50. The van der Waals surface area contributed by atoms with Gasteiger partial charge in [-0.05, 0) is 52.9 Å². The molecule has 2 aliphatic rings. The van der Waals surface area contributed by atoms with Crippen molar-refractivity contribution >= 4 is 6.21 Å². The first-order valence-corrected chi connectivity index (χ1v) is 11.3. The molecule has 3 aromatic rings. The molecular weight excluding hydrogens is 398 g/mol. The molecule has 5 rings (SSSR count). The number of benzene rings is 3. The second kappa shape index (κ2) is 9.05. The van der Waals surface area contributed by atoms with Gasteiger partial charge in [0.2, 0.25) is 0 Å². The van der Waals surface area contributed by atoms with Gasteiger partial charge in [-0.1, -0.05) is 48.5 Å². The number of hydrogen-bond acceptors (Lipinski definition) is 5. The van der Waals surface area contributed by atoms with Crippen molar-refractivity contribution < 1.29 is 9.47 Å². The maximum Gasteiger partial charge on any atom is 0.161 e. The lowest BCUT2D eigenvalue weighted by Gasteiger charge is -2.37. The predicted octanol–water partition coefficient (Wildman–Crippen LogP) is 4.82. The molecule has 0 spiro atoms. The molecule has 0 atom stereocenters. The molecule has 0 amide bonds. The van der Waals surface area contributed by atoms with Crippen LogP contribution in [0.4, 0.5) is 0 Å². The van der Waals surface area contributed by atoms with Crippen LogP contribution in [0.2, 0.25) is 0 Å². The van der Waals surface area contributed by atoms with Crippen LogP contribution in [0, 0.1) is 0 Å². The number of rotatable bonds is 6. The Morgan fingerprint density at radius 1 is 0.875 bits per heavy atom. The molecule has 0 saturated carbocycles. The molecule has 1 aliphatic heterocycles. The summed E-state index contributed by atoms with van der Waals surface area (Å²) >= 11 is 0. The highest BCUT2D eigenvalue weighted by Gasteiger charge is 2.33. The lowest BCUT2D eigenvalue weighted by Crippen LogP contribution is -2.45. The first-order chi connectivity index (χ1) is 15.8. The van der Waals surface area contributed by atoms with E-state index in [2.05, 4.69) is 58.4 Å². The third kappa shape index (κ3) is 3.84. The maximum absolute atomic E-state index is 5.60. The fraction of sp³-hybridized carbons (Fsp3) is 0.296. The predicted molar refractivity (Wildman–Crippen MR) is 129 cm³/mol. The first kappa shape index (κ1) is 20.6. The van der Waals surface area contributed by atoms with Crippen LogP contribution in [-0.4, -0.2) is 56.0 Å². The van der Waals surface area contributed by atoms with Gasteiger partial charge in [-0.25, -0.2) is 0 Å². The van der Waals surface area contributed by atoms with Crippen molar-refractivity contribution in [1.82, 2.24) is 9.91 Å². The molecule has 1 heterocycles. The average Bonchev–Trinajstić information content (AvgIpc) is 3.18. The van der Waals surface area contributed by atoms with Crippen molar-refractivity contribution in [2.45, 2.75) is 13.0 Å². The van der Waals surface area contributed by atoms with Crippen LogP contribution in [0.3, 0.4) is 0 Å². The molecule has 0 bridgehead atoms. The summed E-state index contributed by atoms with van der Waals surface area (Å²) in [5, 5.41) is 6.90. The number of methoxy groups -OCH3 is 1. The quantitative estimate of drug-likeness (QED) is 0.529. The zero-order chi connectivity index (χ0) is 21.9. The molecule has 1 fully saturated rings. The van der Waals surface area contributed by atoms with Crippen LogP contribution in [0.25, 0.3) is 11.1 Å². The Morgan fingerprint density at radius 2 is 1.53 bits per heavy atom. The van der Waals surface area contributed by atoms with Gasteiger partial charge in [0.25, 0.3) is 0 Å². The van der Waals surface area contributed by atoms with Gasteiger partial charge in [-0.15, -0.1) is 0 Å². The highest BCUT2D eigenvalue weighted by molar-refractivity contribution is 5.81. The Bertz CT molecular complexity index is 1070. The van der Waals surface area contributed by atoms with E-state index >= 15 is 0 Å². The zero-order valence-corrected chi connectivity index (χ0v) is 18.7.